The first-order valence-corrected chi connectivity index (χ1v) is 10.9. The van der Waals surface area contributed by atoms with Crippen LogP contribution in [0.25, 0.3) is 0 Å². The lowest BCUT2D eigenvalue weighted by Gasteiger charge is -2.36. The molecule has 0 N–H and O–H groups in total. The van der Waals surface area contributed by atoms with Crippen molar-refractivity contribution in [3.8, 4) is 0 Å². The molecule has 1 aliphatic carbocycles. The van der Waals surface area contributed by atoms with Gasteiger partial charge in [-0.05, 0) is 48.3 Å². The van der Waals surface area contributed by atoms with Crippen LogP contribution in [0.5, 0.6) is 0 Å². The molecule has 0 aromatic carbocycles. The molecule has 0 aromatic heterocycles. The highest BCUT2D eigenvalue weighted by Gasteiger charge is 2.29. The van der Waals surface area contributed by atoms with Gasteiger partial charge in [-0.25, -0.2) is 0 Å². The minimum atomic E-state index is 0.501. The minimum Gasteiger partial charge on any atom is -0.0654 e. The zero-order chi connectivity index (χ0) is 17.3. The van der Waals surface area contributed by atoms with E-state index in [1.807, 2.05) is 0 Å². The molecule has 0 bridgehead atoms. The van der Waals surface area contributed by atoms with E-state index >= 15 is 0 Å². The Morgan fingerprint density at radius 2 is 1.26 bits per heavy atom. The topological polar surface area (TPSA) is 0 Å². The molecule has 0 radical (unpaired) electrons. The first kappa shape index (κ1) is 21.0. The molecule has 0 nitrogen and oxygen atoms in total. The van der Waals surface area contributed by atoms with Crippen LogP contribution in [0.15, 0.2) is 0 Å². The van der Waals surface area contributed by atoms with Crippen molar-refractivity contribution in [1.29, 1.82) is 0 Å². The number of hydrogen-bond acceptors (Lipinski definition) is 0. The summed E-state index contributed by atoms with van der Waals surface area (Å²) in [4.78, 5) is 0. The second kappa shape index (κ2) is 10.8. The highest BCUT2D eigenvalue weighted by Crippen LogP contribution is 2.41. The van der Waals surface area contributed by atoms with Crippen molar-refractivity contribution in [2.24, 2.45) is 29.1 Å². The molecule has 0 aliphatic heterocycles. The van der Waals surface area contributed by atoms with Crippen LogP contribution in [0.3, 0.4) is 0 Å². The van der Waals surface area contributed by atoms with E-state index in [0.717, 1.165) is 23.7 Å². The van der Waals surface area contributed by atoms with Crippen LogP contribution < -0.4 is 0 Å². The quantitative estimate of drug-likeness (QED) is 0.380. The van der Waals surface area contributed by atoms with Crippen LogP contribution in [0.1, 0.15) is 119 Å². The smallest absolute Gasteiger partial charge is 0.0354 e. The molecule has 0 saturated heterocycles. The van der Waals surface area contributed by atoms with Crippen molar-refractivity contribution in [2.75, 3.05) is 0 Å². The fourth-order valence-electron chi connectivity index (χ4n) is 5.10. The van der Waals surface area contributed by atoms with Crippen molar-refractivity contribution < 1.29 is 0 Å². The minimum absolute atomic E-state index is 0.501. The van der Waals surface area contributed by atoms with E-state index in [1.165, 1.54) is 77.0 Å². The van der Waals surface area contributed by atoms with E-state index in [2.05, 4.69) is 41.5 Å². The van der Waals surface area contributed by atoms with Crippen LogP contribution >= 0.6 is 0 Å². The average molecular weight is 323 g/mol. The highest BCUT2D eigenvalue weighted by molar-refractivity contribution is 4.80. The fourth-order valence-corrected chi connectivity index (χ4v) is 5.10. The van der Waals surface area contributed by atoms with E-state index in [0.29, 0.717) is 5.41 Å². The summed E-state index contributed by atoms with van der Waals surface area (Å²) in [5.74, 6) is 4.06. The average Bonchev–Trinajstić information content (AvgIpc) is 2.50. The molecule has 138 valence electrons. The zero-order valence-electron chi connectivity index (χ0n) is 17.3. The maximum absolute atomic E-state index is 2.45. The van der Waals surface area contributed by atoms with Crippen molar-refractivity contribution in [2.45, 2.75) is 119 Å². The number of hydrogen-bond donors (Lipinski definition) is 0. The van der Waals surface area contributed by atoms with Gasteiger partial charge in [-0.15, -0.1) is 0 Å². The fraction of sp³-hybridized carbons (Fsp3) is 1.00. The molecule has 0 heteroatoms. The normalized spacial score (nSPS) is 24.1. The van der Waals surface area contributed by atoms with Gasteiger partial charge in [0.25, 0.3) is 0 Å². The summed E-state index contributed by atoms with van der Waals surface area (Å²) in [7, 11) is 0. The van der Waals surface area contributed by atoms with Crippen LogP contribution in [0.2, 0.25) is 0 Å². The van der Waals surface area contributed by atoms with E-state index < -0.39 is 0 Å². The molecule has 0 amide bonds. The first-order valence-electron chi connectivity index (χ1n) is 10.9. The summed E-state index contributed by atoms with van der Waals surface area (Å²) in [5.41, 5.74) is 0.501. The molecule has 1 aliphatic rings. The lowest BCUT2D eigenvalue weighted by atomic mass is 9.70. The Labute approximate surface area is 148 Å². The Morgan fingerprint density at radius 1 is 0.739 bits per heavy atom. The second-order valence-electron chi connectivity index (χ2n) is 9.55. The number of rotatable bonds is 10. The van der Waals surface area contributed by atoms with Crippen molar-refractivity contribution in [1.82, 2.24) is 0 Å². The Bertz CT molecular complexity index is 271. The van der Waals surface area contributed by atoms with E-state index in [1.54, 1.807) is 0 Å². The lowest BCUT2D eigenvalue weighted by molar-refractivity contribution is 0.155. The molecule has 1 saturated carbocycles. The van der Waals surface area contributed by atoms with Gasteiger partial charge >= 0.3 is 0 Å². The maximum atomic E-state index is 2.45. The highest BCUT2D eigenvalue weighted by atomic mass is 14.3. The largest absolute Gasteiger partial charge is 0.0654 e. The van der Waals surface area contributed by atoms with Gasteiger partial charge in [0.1, 0.15) is 0 Å². The third-order valence-corrected chi connectivity index (χ3v) is 6.66. The predicted molar refractivity (Wildman–Crippen MR) is 106 cm³/mol. The molecule has 0 heterocycles. The summed E-state index contributed by atoms with van der Waals surface area (Å²) >= 11 is 0. The molecular formula is C23H46. The Morgan fingerprint density at radius 3 is 1.70 bits per heavy atom. The van der Waals surface area contributed by atoms with Gasteiger partial charge in [-0.3, -0.25) is 0 Å². The first-order chi connectivity index (χ1) is 10.9. The molecule has 1 fully saturated rings. The predicted octanol–water partition coefficient (Wildman–Crippen LogP) is 8.25. The third-order valence-electron chi connectivity index (χ3n) is 6.66. The van der Waals surface area contributed by atoms with E-state index in [9.17, 15) is 0 Å². The SMILES string of the molecule is CCCC(CCC)C1CCC(CCC(CCC)C(C)(C)C)CC1. The molecule has 0 aromatic rings. The molecule has 23 heavy (non-hydrogen) atoms. The molecule has 1 unspecified atom stereocenters. The Hall–Kier alpha value is 0. The summed E-state index contributed by atoms with van der Waals surface area (Å²) in [5, 5.41) is 0. The molecule has 0 spiro atoms. The van der Waals surface area contributed by atoms with Gasteiger partial charge < -0.3 is 0 Å². The van der Waals surface area contributed by atoms with E-state index in [-0.39, 0.29) is 0 Å². The summed E-state index contributed by atoms with van der Waals surface area (Å²) < 4.78 is 0. The third kappa shape index (κ3) is 7.61. The summed E-state index contributed by atoms with van der Waals surface area (Å²) in [6, 6.07) is 0. The van der Waals surface area contributed by atoms with E-state index in [4.69, 9.17) is 0 Å². The van der Waals surface area contributed by atoms with Gasteiger partial charge in [0.2, 0.25) is 0 Å². The van der Waals surface area contributed by atoms with Gasteiger partial charge in [-0.1, -0.05) is 99.3 Å². The van der Waals surface area contributed by atoms with Crippen molar-refractivity contribution in [3.05, 3.63) is 0 Å². The molecule has 1 atom stereocenters. The second-order valence-corrected chi connectivity index (χ2v) is 9.55. The summed E-state index contributed by atoms with van der Waals surface area (Å²) in [6.45, 7) is 14.4. The monoisotopic (exact) mass is 322 g/mol. The van der Waals surface area contributed by atoms with Crippen LogP contribution in [-0.4, -0.2) is 0 Å². The van der Waals surface area contributed by atoms with Crippen molar-refractivity contribution in [3.63, 3.8) is 0 Å². The molecular weight excluding hydrogens is 276 g/mol. The van der Waals surface area contributed by atoms with Gasteiger partial charge in [0.05, 0.1) is 0 Å². The Kier molecular flexibility index (Phi) is 9.86. The zero-order valence-corrected chi connectivity index (χ0v) is 17.3. The summed E-state index contributed by atoms with van der Waals surface area (Å²) in [6.07, 6.45) is 17.6. The Balaban J connectivity index is 2.37. The van der Waals surface area contributed by atoms with Gasteiger partial charge in [0.15, 0.2) is 0 Å². The van der Waals surface area contributed by atoms with Crippen LogP contribution in [0.4, 0.5) is 0 Å². The van der Waals surface area contributed by atoms with Crippen LogP contribution in [0, 0.1) is 29.1 Å². The lowest BCUT2D eigenvalue weighted by Crippen LogP contribution is -2.24. The van der Waals surface area contributed by atoms with Gasteiger partial charge in [0, 0.05) is 0 Å². The maximum Gasteiger partial charge on any atom is -0.0354 e. The van der Waals surface area contributed by atoms with Crippen LogP contribution in [-0.2, 0) is 0 Å². The van der Waals surface area contributed by atoms with Crippen molar-refractivity contribution >= 4 is 0 Å². The molecule has 1 rings (SSSR count). The standard InChI is InChI=1S/C23H46/c1-7-10-20(11-8-2)21-16-13-19(14-17-21)15-18-22(12-9-3)23(4,5)6/h19-22H,7-18H2,1-6H3. The van der Waals surface area contributed by atoms with Gasteiger partial charge in [-0.2, -0.15) is 0 Å².